The lowest BCUT2D eigenvalue weighted by Gasteiger charge is -2.09. The summed E-state index contributed by atoms with van der Waals surface area (Å²) in [4.78, 5) is 23.7. The molecule has 0 aliphatic heterocycles. The highest BCUT2D eigenvalue weighted by molar-refractivity contribution is 5.89. The first-order valence-corrected chi connectivity index (χ1v) is 8.69. The van der Waals surface area contributed by atoms with Gasteiger partial charge in [0.05, 0.1) is 19.6 Å². The fourth-order valence-electron chi connectivity index (χ4n) is 2.31. The fraction of sp³-hybridized carbons (Fsp3) is 0.0952. The second kappa shape index (κ2) is 9.87. The van der Waals surface area contributed by atoms with Gasteiger partial charge in [-0.1, -0.05) is 6.07 Å². The molecule has 3 aromatic rings. The molecular weight excluding hydrogens is 395 g/mol. The number of rotatable bonds is 8. The summed E-state index contributed by atoms with van der Waals surface area (Å²) in [6.07, 6.45) is 2.74. The molecule has 2 aromatic carbocycles. The van der Waals surface area contributed by atoms with E-state index in [1.807, 2.05) is 0 Å². The summed E-state index contributed by atoms with van der Waals surface area (Å²) in [5.74, 6) is -0.859. The van der Waals surface area contributed by atoms with Crippen LogP contribution in [0.15, 0.2) is 70.4 Å². The molecule has 0 atom stereocenters. The van der Waals surface area contributed by atoms with Crippen molar-refractivity contribution >= 4 is 18.1 Å². The van der Waals surface area contributed by atoms with Gasteiger partial charge in [-0.25, -0.2) is 14.6 Å². The normalized spacial score (nSPS) is 10.6. The van der Waals surface area contributed by atoms with E-state index >= 15 is 0 Å². The first-order valence-electron chi connectivity index (χ1n) is 8.69. The van der Waals surface area contributed by atoms with Crippen LogP contribution in [0.2, 0.25) is 0 Å². The van der Waals surface area contributed by atoms with Crippen molar-refractivity contribution in [2.24, 2.45) is 5.10 Å². The first kappa shape index (κ1) is 20.6. The zero-order valence-electron chi connectivity index (χ0n) is 15.8. The molecule has 3 rings (SSSR count). The number of nitrogens with zero attached hydrogens (tertiary/aromatic N) is 1. The Morgan fingerprint density at radius 2 is 2.00 bits per heavy atom. The van der Waals surface area contributed by atoms with Gasteiger partial charge in [0.1, 0.15) is 11.6 Å². The average molecular weight is 412 g/mol. The molecule has 0 saturated carbocycles. The van der Waals surface area contributed by atoms with E-state index in [1.54, 1.807) is 18.2 Å². The van der Waals surface area contributed by atoms with Crippen molar-refractivity contribution in [3.8, 4) is 17.2 Å². The number of hydrogen-bond donors (Lipinski definition) is 1. The standard InChI is InChI=1S/C21H17FN2O6/c1-27-19-10-14(7-8-17(19)30-21(26)18-6-3-9-28-18)12-23-24-20(25)13-29-16-5-2-4-15(22)11-16/h2-12H,13H2,1H3,(H,24,25)/b23-12-. The predicted octanol–water partition coefficient (Wildman–Crippen LogP) is 3.18. The lowest BCUT2D eigenvalue weighted by Crippen LogP contribution is -2.24. The van der Waals surface area contributed by atoms with Crippen molar-refractivity contribution < 1.29 is 32.6 Å². The third-order valence-corrected chi connectivity index (χ3v) is 3.68. The van der Waals surface area contributed by atoms with Crippen LogP contribution < -0.4 is 19.6 Å². The first-order chi connectivity index (χ1) is 14.5. The molecule has 1 heterocycles. The van der Waals surface area contributed by atoms with Crippen molar-refractivity contribution in [3.05, 3.63) is 78.0 Å². The fourth-order valence-corrected chi connectivity index (χ4v) is 2.31. The molecule has 0 unspecified atom stereocenters. The molecule has 9 heteroatoms. The SMILES string of the molecule is COc1cc(/C=N\NC(=O)COc2cccc(F)c2)ccc1OC(=O)c1ccco1. The average Bonchev–Trinajstić information content (AvgIpc) is 3.28. The van der Waals surface area contributed by atoms with Crippen LogP contribution in [0.1, 0.15) is 16.1 Å². The Kier molecular flexibility index (Phi) is 6.78. The molecule has 1 N–H and O–H groups in total. The minimum absolute atomic E-state index is 0.0610. The maximum absolute atomic E-state index is 13.1. The Balaban J connectivity index is 1.54. The third kappa shape index (κ3) is 5.68. The summed E-state index contributed by atoms with van der Waals surface area (Å²) >= 11 is 0. The lowest BCUT2D eigenvalue weighted by molar-refractivity contribution is -0.123. The van der Waals surface area contributed by atoms with Crippen LogP contribution in [-0.2, 0) is 4.79 Å². The maximum Gasteiger partial charge on any atom is 0.379 e. The molecule has 0 aliphatic carbocycles. The highest BCUT2D eigenvalue weighted by Gasteiger charge is 2.14. The largest absolute Gasteiger partial charge is 0.493 e. The second-order valence-electron chi connectivity index (χ2n) is 5.82. The summed E-state index contributed by atoms with van der Waals surface area (Å²) in [6.45, 7) is -0.328. The topological polar surface area (TPSA) is 99.4 Å². The van der Waals surface area contributed by atoms with Crippen molar-refractivity contribution in [2.75, 3.05) is 13.7 Å². The molecule has 0 saturated heterocycles. The predicted molar refractivity (Wildman–Crippen MR) is 104 cm³/mol. The van der Waals surface area contributed by atoms with E-state index in [0.29, 0.717) is 11.3 Å². The number of methoxy groups -OCH3 is 1. The van der Waals surface area contributed by atoms with E-state index < -0.39 is 17.7 Å². The van der Waals surface area contributed by atoms with E-state index in [0.717, 1.165) is 0 Å². The van der Waals surface area contributed by atoms with E-state index in [-0.39, 0.29) is 23.9 Å². The number of hydrogen-bond acceptors (Lipinski definition) is 7. The Labute approximate surface area is 170 Å². The summed E-state index contributed by atoms with van der Waals surface area (Å²) in [5.41, 5.74) is 2.87. The number of hydrazone groups is 1. The van der Waals surface area contributed by atoms with Crippen LogP contribution >= 0.6 is 0 Å². The summed E-state index contributed by atoms with van der Waals surface area (Å²) in [7, 11) is 1.42. The minimum Gasteiger partial charge on any atom is -0.493 e. The highest BCUT2D eigenvalue weighted by atomic mass is 19.1. The van der Waals surface area contributed by atoms with Crippen molar-refractivity contribution in [2.45, 2.75) is 0 Å². The van der Waals surface area contributed by atoms with Crippen LogP contribution in [-0.4, -0.2) is 31.8 Å². The molecule has 0 spiro atoms. The monoisotopic (exact) mass is 412 g/mol. The number of ether oxygens (including phenoxy) is 3. The van der Waals surface area contributed by atoms with Crippen LogP contribution in [0.3, 0.4) is 0 Å². The molecule has 0 bridgehead atoms. The number of carbonyl (C=O) groups is 2. The van der Waals surface area contributed by atoms with Crippen LogP contribution in [0.4, 0.5) is 4.39 Å². The molecule has 8 nitrogen and oxygen atoms in total. The van der Waals surface area contributed by atoms with Gasteiger partial charge in [-0.05, 0) is 48.0 Å². The van der Waals surface area contributed by atoms with Gasteiger partial charge in [0.25, 0.3) is 5.91 Å². The molecule has 1 aromatic heterocycles. The smallest absolute Gasteiger partial charge is 0.379 e. The van der Waals surface area contributed by atoms with Crippen molar-refractivity contribution in [1.29, 1.82) is 0 Å². The van der Waals surface area contributed by atoms with E-state index in [9.17, 15) is 14.0 Å². The van der Waals surface area contributed by atoms with Crippen LogP contribution in [0.5, 0.6) is 17.2 Å². The number of furan rings is 1. The Morgan fingerprint density at radius 1 is 1.13 bits per heavy atom. The molecule has 0 aliphatic rings. The van der Waals surface area contributed by atoms with Crippen LogP contribution in [0.25, 0.3) is 0 Å². The number of amides is 1. The summed E-state index contributed by atoms with van der Waals surface area (Å²) in [6, 6.07) is 13.2. The zero-order chi connectivity index (χ0) is 21.3. The molecular formula is C21H17FN2O6. The number of benzene rings is 2. The van der Waals surface area contributed by atoms with Gasteiger partial charge in [-0.2, -0.15) is 5.10 Å². The minimum atomic E-state index is -0.662. The third-order valence-electron chi connectivity index (χ3n) is 3.68. The zero-order valence-corrected chi connectivity index (χ0v) is 15.8. The maximum atomic E-state index is 13.1. The highest BCUT2D eigenvalue weighted by Crippen LogP contribution is 2.28. The van der Waals surface area contributed by atoms with Gasteiger partial charge >= 0.3 is 5.97 Å². The van der Waals surface area contributed by atoms with Gasteiger partial charge in [0, 0.05) is 6.07 Å². The molecule has 154 valence electrons. The number of nitrogens with one attached hydrogen (secondary N) is 1. The number of carbonyl (C=O) groups excluding carboxylic acids is 2. The van der Waals surface area contributed by atoms with Gasteiger partial charge in [0.15, 0.2) is 18.1 Å². The Bertz CT molecular complexity index is 1050. The molecule has 0 fully saturated rings. The van der Waals surface area contributed by atoms with Gasteiger partial charge < -0.3 is 18.6 Å². The van der Waals surface area contributed by atoms with Crippen molar-refractivity contribution in [3.63, 3.8) is 0 Å². The van der Waals surface area contributed by atoms with Gasteiger partial charge in [-0.3, -0.25) is 4.79 Å². The summed E-state index contributed by atoms with van der Waals surface area (Å²) < 4.78 is 33.7. The van der Waals surface area contributed by atoms with Gasteiger partial charge in [-0.15, -0.1) is 0 Å². The molecule has 0 radical (unpaired) electrons. The Morgan fingerprint density at radius 3 is 2.73 bits per heavy atom. The second-order valence-corrected chi connectivity index (χ2v) is 5.82. The van der Waals surface area contributed by atoms with E-state index in [2.05, 4.69) is 10.5 Å². The van der Waals surface area contributed by atoms with E-state index in [4.69, 9.17) is 18.6 Å². The van der Waals surface area contributed by atoms with Crippen LogP contribution in [0, 0.1) is 5.82 Å². The van der Waals surface area contributed by atoms with E-state index in [1.165, 1.54) is 56.0 Å². The lowest BCUT2D eigenvalue weighted by atomic mass is 10.2. The molecule has 30 heavy (non-hydrogen) atoms. The van der Waals surface area contributed by atoms with Gasteiger partial charge in [0.2, 0.25) is 5.76 Å². The Hall–Kier alpha value is -4.14. The number of esters is 1. The quantitative estimate of drug-likeness (QED) is 0.264. The van der Waals surface area contributed by atoms with Crippen molar-refractivity contribution in [1.82, 2.24) is 5.43 Å². The molecule has 1 amide bonds. The summed E-state index contributed by atoms with van der Waals surface area (Å²) in [5, 5.41) is 3.82. The number of halogens is 1.